The van der Waals surface area contributed by atoms with E-state index < -0.39 is 0 Å². The van der Waals surface area contributed by atoms with Crippen LogP contribution < -0.4 is 17.2 Å². The second kappa shape index (κ2) is 8.67. The zero-order valence-corrected chi connectivity index (χ0v) is 7.76. The van der Waals surface area contributed by atoms with Gasteiger partial charge in [0.2, 0.25) is 0 Å². The van der Waals surface area contributed by atoms with E-state index in [2.05, 4.69) is 4.90 Å². The molecule has 6 N–H and O–H groups in total. The first kappa shape index (κ1) is 11.6. The molecule has 0 aliphatic heterocycles. The van der Waals surface area contributed by atoms with E-state index in [-0.39, 0.29) is 0 Å². The Labute approximate surface area is 79.4 Å². The summed E-state index contributed by atoms with van der Waals surface area (Å²) in [5.41, 5.74) is 15.7. The second-order valence-corrected chi connectivity index (χ2v) is 2.50. The van der Waals surface area contributed by atoms with Crippen LogP contribution in [0.25, 0.3) is 0 Å². The van der Waals surface area contributed by atoms with Gasteiger partial charge in [-0.2, -0.15) is 0 Å². The summed E-state index contributed by atoms with van der Waals surface area (Å²) < 4.78 is 0. The molecular formula is C9H18N4. The molecule has 0 aromatic carbocycles. The Morgan fingerprint density at radius 3 is 1.23 bits per heavy atom. The van der Waals surface area contributed by atoms with Crippen LogP contribution >= 0.6 is 0 Å². The lowest BCUT2D eigenvalue weighted by atomic mass is 10.4. The van der Waals surface area contributed by atoms with Crippen LogP contribution in [0.3, 0.4) is 0 Å². The molecule has 0 radical (unpaired) electrons. The van der Waals surface area contributed by atoms with Crippen molar-refractivity contribution in [1.29, 1.82) is 0 Å². The maximum absolute atomic E-state index is 5.24. The summed E-state index contributed by atoms with van der Waals surface area (Å²) in [6.45, 7) is 2.39. The number of nitrogens with zero attached hydrogens (tertiary/aromatic N) is 1. The van der Waals surface area contributed by atoms with E-state index in [1.807, 2.05) is 18.2 Å². The average Bonchev–Trinajstić information content (AvgIpc) is 2.17. The predicted octanol–water partition coefficient (Wildman–Crippen LogP) is -0.294. The quantitative estimate of drug-likeness (QED) is 0.527. The Morgan fingerprint density at radius 2 is 1.00 bits per heavy atom. The molecule has 0 aliphatic carbocycles. The van der Waals surface area contributed by atoms with E-state index in [0.29, 0.717) is 0 Å². The number of rotatable bonds is 6. The van der Waals surface area contributed by atoms with Gasteiger partial charge in [-0.05, 0) is 18.6 Å². The molecule has 0 spiro atoms. The van der Waals surface area contributed by atoms with Crippen molar-refractivity contribution in [2.75, 3.05) is 19.6 Å². The minimum absolute atomic E-state index is 0.797. The molecule has 0 atom stereocenters. The van der Waals surface area contributed by atoms with E-state index in [0.717, 1.165) is 19.6 Å². The highest BCUT2D eigenvalue weighted by atomic mass is 15.1. The lowest BCUT2D eigenvalue weighted by Crippen LogP contribution is -2.24. The third kappa shape index (κ3) is 6.96. The molecule has 74 valence electrons. The van der Waals surface area contributed by atoms with Gasteiger partial charge in [0.1, 0.15) is 0 Å². The lowest BCUT2D eigenvalue weighted by Gasteiger charge is -2.15. The van der Waals surface area contributed by atoms with Crippen molar-refractivity contribution in [1.82, 2.24) is 4.90 Å². The third-order valence-corrected chi connectivity index (χ3v) is 1.50. The summed E-state index contributed by atoms with van der Waals surface area (Å²) in [5, 5.41) is 0. The van der Waals surface area contributed by atoms with Gasteiger partial charge in [-0.15, -0.1) is 0 Å². The molecule has 0 unspecified atom stereocenters. The highest BCUT2D eigenvalue weighted by Gasteiger charge is 1.96. The number of hydrogen-bond donors (Lipinski definition) is 3. The molecule has 13 heavy (non-hydrogen) atoms. The molecule has 0 aromatic rings. The molecule has 0 saturated carbocycles. The molecule has 0 aliphatic rings. The van der Waals surface area contributed by atoms with Crippen LogP contribution in [0.4, 0.5) is 0 Å². The minimum Gasteiger partial charge on any atom is -0.405 e. The van der Waals surface area contributed by atoms with Gasteiger partial charge >= 0.3 is 0 Å². The molecule has 0 heterocycles. The number of nitrogens with two attached hydrogens (primary N) is 3. The monoisotopic (exact) mass is 182 g/mol. The van der Waals surface area contributed by atoms with Gasteiger partial charge in [0.05, 0.1) is 0 Å². The van der Waals surface area contributed by atoms with Gasteiger partial charge in [0.15, 0.2) is 0 Å². The Hall–Kier alpha value is -1.42. The van der Waals surface area contributed by atoms with E-state index in [9.17, 15) is 0 Å². The molecule has 0 fully saturated rings. The maximum Gasteiger partial charge on any atom is 0.0186 e. The van der Waals surface area contributed by atoms with Gasteiger partial charge in [-0.1, -0.05) is 18.2 Å². The van der Waals surface area contributed by atoms with E-state index >= 15 is 0 Å². The van der Waals surface area contributed by atoms with Crippen LogP contribution in [0.2, 0.25) is 0 Å². The van der Waals surface area contributed by atoms with Gasteiger partial charge in [0.25, 0.3) is 0 Å². The average molecular weight is 182 g/mol. The van der Waals surface area contributed by atoms with Gasteiger partial charge in [0, 0.05) is 19.6 Å². The zero-order chi connectivity index (χ0) is 9.94. The predicted molar refractivity (Wildman–Crippen MR) is 56.4 cm³/mol. The van der Waals surface area contributed by atoms with Crippen molar-refractivity contribution < 1.29 is 0 Å². The Balaban J connectivity index is 3.86. The molecule has 0 bridgehead atoms. The molecular weight excluding hydrogens is 164 g/mol. The van der Waals surface area contributed by atoms with Gasteiger partial charge in [-0.25, -0.2) is 0 Å². The van der Waals surface area contributed by atoms with Crippen LogP contribution in [0.5, 0.6) is 0 Å². The summed E-state index contributed by atoms with van der Waals surface area (Å²) in [4.78, 5) is 2.13. The molecule has 0 rings (SSSR count). The fourth-order valence-electron chi connectivity index (χ4n) is 0.853. The molecule has 4 heteroatoms. The molecule has 0 aromatic heterocycles. The summed E-state index contributed by atoms with van der Waals surface area (Å²) in [7, 11) is 0. The van der Waals surface area contributed by atoms with Gasteiger partial charge in [-0.3, -0.25) is 4.90 Å². The topological polar surface area (TPSA) is 81.3 Å². The lowest BCUT2D eigenvalue weighted by molar-refractivity contribution is 0.372. The second-order valence-electron chi connectivity index (χ2n) is 2.50. The standard InChI is InChI=1S/C9H18N4/c10-4-1-7-13(8-2-5-11)9-3-6-12/h1-6H,7-12H2. The smallest absolute Gasteiger partial charge is 0.0186 e. The maximum atomic E-state index is 5.24. The Morgan fingerprint density at radius 1 is 0.692 bits per heavy atom. The van der Waals surface area contributed by atoms with Crippen LogP contribution in [0, 0.1) is 0 Å². The Kier molecular flexibility index (Phi) is 7.73. The third-order valence-electron chi connectivity index (χ3n) is 1.50. The molecule has 0 saturated heterocycles. The summed E-state index contributed by atoms with van der Waals surface area (Å²) in [6.07, 6.45) is 10.3. The highest BCUT2D eigenvalue weighted by Crippen LogP contribution is 1.89. The van der Waals surface area contributed by atoms with E-state index in [1.54, 1.807) is 0 Å². The fourth-order valence-corrected chi connectivity index (χ4v) is 0.853. The minimum atomic E-state index is 0.797. The number of hydrogen-bond acceptors (Lipinski definition) is 4. The first-order valence-electron chi connectivity index (χ1n) is 4.17. The van der Waals surface area contributed by atoms with Crippen molar-refractivity contribution in [2.45, 2.75) is 0 Å². The fraction of sp³-hybridized carbons (Fsp3) is 0.333. The van der Waals surface area contributed by atoms with Crippen molar-refractivity contribution in [3.63, 3.8) is 0 Å². The first-order valence-corrected chi connectivity index (χ1v) is 4.17. The van der Waals surface area contributed by atoms with Crippen LogP contribution in [-0.4, -0.2) is 24.5 Å². The highest BCUT2D eigenvalue weighted by molar-refractivity contribution is 4.90. The van der Waals surface area contributed by atoms with Crippen LogP contribution in [0.1, 0.15) is 0 Å². The van der Waals surface area contributed by atoms with Crippen LogP contribution in [0.15, 0.2) is 36.8 Å². The molecule has 4 nitrogen and oxygen atoms in total. The zero-order valence-electron chi connectivity index (χ0n) is 7.76. The molecule has 0 amide bonds. The normalized spacial score (nSPS) is 12.7. The van der Waals surface area contributed by atoms with Crippen LogP contribution in [-0.2, 0) is 0 Å². The first-order chi connectivity index (χ1) is 6.35. The Bertz CT molecular complexity index is 151. The SMILES string of the molecule is NC=CCN(CC=CN)CC=CN. The van der Waals surface area contributed by atoms with Crippen molar-refractivity contribution in [3.05, 3.63) is 36.8 Å². The van der Waals surface area contributed by atoms with Gasteiger partial charge < -0.3 is 17.2 Å². The summed E-state index contributed by atoms with van der Waals surface area (Å²) in [5.74, 6) is 0. The largest absolute Gasteiger partial charge is 0.405 e. The summed E-state index contributed by atoms with van der Waals surface area (Å²) >= 11 is 0. The van der Waals surface area contributed by atoms with Crippen molar-refractivity contribution in [2.24, 2.45) is 17.2 Å². The van der Waals surface area contributed by atoms with Crippen molar-refractivity contribution in [3.8, 4) is 0 Å². The van der Waals surface area contributed by atoms with E-state index in [1.165, 1.54) is 18.6 Å². The summed E-state index contributed by atoms with van der Waals surface area (Å²) in [6, 6.07) is 0. The van der Waals surface area contributed by atoms with E-state index in [4.69, 9.17) is 17.2 Å². The van der Waals surface area contributed by atoms with Crippen molar-refractivity contribution >= 4 is 0 Å².